The highest BCUT2D eigenvalue weighted by atomic mass is 32.1. The minimum atomic E-state index is -0.302. The molecule has 0 spiro atoms. The first kappa shape index (κ1) is 20.2. The van der Waals surface area contributed by atoms with Gasteiger partial charge >= 0.3 is 0 Å². The van der Waals surface area contributed by atoms with Crippen LogP contribution in [0.4, 0.5) is 4.39 Å². The van der Waals surface area contributed by atoms with Gasteiger partial charge in [0.1, 0.15) is 5.82 Å². The average Bonchev–Trinajstić information content (AvgIpc) is 2.94. The summed E-state index contributed by atoms with van der Waals surface area (Å²) in [5, 5.41) is 4.45. The van der Waals surface area contributed by atoms with E-state index in [2.05, 4.69) is 14.9 Å². The molecule has 0 unspecified atom stereocenters. The molecule has 1 aromatic carbocycles. The van der Waals surface area contributed by atoms with Crippen LogP contribution < -0.4 is 0 Å². The fraction of sp³-hybridized carbons (Fsp3) is 0.571. The quantitative estimate of drug-likeness (QED) is 0.700. The van der Waals surface area contributed by atoms with E-state index < -0.39 is 0 Å². The topological polar surface area (TPSA) is 54.5 Å². The van der Waals surface area contributed by atoms with Crippen molar-refractivity contribution >= 4 is 18.1 Å². The molecule has 29 heavy (non-hydrogen) atoms. The van der Waals surface area contributed by atoms with Gasteiger partial charge in [-0.2, -0.15) is 0 Å². The number of likely N-dealkylation sites (tertiary alicyclic amines) is 2. The smallest absolute Gasteiger partial charge is 0.288 e. The maximum absolute atomic E-state index is 13.1. The van der Waals surface area contributed by atoms with E-state index in [1.165, 1.54) is 25.0 Å². The summed E-state index contributed by atoms with van der Waals surface area (Å²) in [6.07, 6.45) is 6.47. The molecule has 0 saturated carbocycles. The zero-order chi connectivity index (χ0) is 20.2. The highest BCUT2D eigenvalue weighted by Gasteiger charge is 2.29. The lowest BCUT2D eigenvalue weighted by Gasteiger charge is -2.33. The van der Waals surface area contributed by atoms with Gasteiger partial charge in [0, 0.05) is 37.7 Å². The first-order chi connectivity index (χ1) is 14.1. The Balaban J connectivity index is 1.33. The van der Waals surface area contributed by atoms with Crippen LogP contribution in [0.5, 0.6) is 0 Å². The molecule has 2 fully saturated rings. The molecule has 2 aromatic rings. The van der Waals surface area contributed by atoms with Crippen LogP contribution in [0.15, 0.2) is 28.7 Å². The van der Waals surface area contributed by atoms with Crippen molar-refractivity contribution in [2.75, 3.05) is 26.2 Å². The molecule has 3 heterocycles. The summed E-state index contributed by atoms with van der Waals surface area (Å²) >= 11 is 5.30. The molecule has 0 N–H and O–H groups in total. The third-order valence-electron chi connectivity index (χ3n) is 5.89. The summed E-state index contributed by atoms with van der Waals surface area (Å²) in [5.41, 5.74) is 0.693. The van der Waals surface area contributed by atoms with Gasteiger partial charge < -0.3 is 9.32 Å². The van der Waals surface area contributed by atoms with Crippen molar-refractivity contribution in [2.24, 2.45) is 5.92 Å². The van der Waals surface area contributed by atoms with Crippen LogP contribution in [-0.4, -0.2) is 51.7 Å². The number of carbonyl (C=O) groups excluding carboxylic acids is 1. The molecule has 1 amide bonds. The van der Waals surface area contributed by atoms with Gasteiger partial charge in [-0.15, -0.1) is 5.10 Å². The largest absolute Gasteiger partial charge is 0.409 e. The Hall–Kier alpha value is -2.06. The first-order valence-corrected chi connectivity index (χ1v) is 10.9. The first-order valence-electron chi connectivity index (χ1n) is 10.5. The van der Waals surface area contributed by atoms with Crippen molar-refractivity contribution in [1.82, 2.24) is 19.6 Å². The molecule has 1 aromatic heterocycles. The molecule has 0 atom stereocenters. The van der Waals surface area contributed by atoms with E-state index in [9.17, 15) is 9.18 Å². The predicted molar refractivity (Wildman–Crippen MR) is 110 cm³/mol. The Kier molecular flexibility index (Phi) is 6.40. The molecule has 156 valence electrons. The number of aromatic nitrogens is 2. The van der Waals surface area contributed by atoms with Crippen molar-refractivity contribution in [3.8, 4) is 11.5 Å². The Morgan fingerprint density at radius 2 is 1.72 bits per heavy atom. The van der Waals surface area contributed by atoms with Gasteiger partial charge in [0.2, 0.25) is 11.8 Å². The standard InChI is InChI=1S/C21H27FN4O2S/c22-18-7-5-16(6-8-18)19-23-26(21(29)28-19)15-24-13-9-17(10-14-24)20(27)25-11-3-1-2-4-12-25/h5-8,17H,1-4,9-15H2. The van der Waals surface area contributed by atoms with Crippen molar-refractivity contribution in [2.45, 2.75) is 45.2 Å². The highest BCUT2D eigenvalue weighted by Crippen LogP contribution is 2.23. The maximum Gasteiger partial charge on any atom is 0.288 e. The lowest BCUT2D eigenvalue weighted by molar-refractivity contribution is -0.137. The lowest BCUT2D eigenvalue weighted by atomic mass is 9.95. The highest BCUT2D eigenvalue weighted by molar-refractivity contribution is 7.71. The number of rotatable bonds is 4. The maximum atomic E-state index is 13.1. The summed E-state index contributed by atoms with van der Waals surface area (Å²) in [6.45, 7) is 4.04. The normalized spacial score (nSPS) is 19.3. The number of piperidine rings is 1. The van der Waals surface area contributed by atoms with Crippen LogP contribution in [0.2, 0.25) is 0 Å². The SMILES string of the molecule is O=C(C1CCN(Cn2nc(-c3ccc(F)cc3)oc2=S)CC1)N1CCCCCC1. The van der Waals surface area contributed by atoms with Crippen LogP contribution >= 0.6 is 12.2 Å². The molecule has 0 aliphatic carbocycles. The molecule has 2 aliphatic rings. The number of hydrogen-bond acceptors (Lipinski definition) is 5. The van der Waals surface area contributed by atoms with Gasteiger partial charge in [-0.25, -0.2) is 9.07 Å². The van der Waals surface area contributed by atoms with Crippen LogP contribution in [0.3, 0.4) is 0 Å². The molecular formula is C21H27FN4O2S. The van der Waals surface area contributed by atoms with Crippen LogP contribution in [0.1, 0.15) is 38.5 Å². The minimum Gasteiger partial charge on any atom is -0.409 e. The molecule has 0 bridgehead atoms. The summed E-state index contributed by atoms with van der Waals surface area (Å²) in [5.74, 6) is 0.554. The molecule has 6 nitrogen and oxygen atoms in total. The Morgan fingerprint density at radius 3 is 2.38 bits per heavy atom. The molecule has 2 saturated heterocycles. The Morgan fingerprint density at radius 1 is 1.07 bits per heavy atom. The fourth-order valence-corrected chi connectivity index (χ4v) is 4.34. The van der Waals surface area contributed by atoms with E-state index in [4.69, 9.17) is 16.6 Å². The number of carbonyl (C=O) groups is 1. The Labute approximate surface area is 175 Å². The number of halogens is 1. The number of amides is 1. The van der Waals surface area contributed by atoms with E-state index >= 15 is 0 Å². The molecule has 2 aliphatic heterocycles. The molecule has 4 rings (SSSR count). The zero-order valence-electron chi connectivity index (χ0n) is 16.6. The second-order valence-electron chi connectivity index (χ2n) is 7.95. The lowest BCUT2D eigenvalue weighted by Crippen LogP contribution is -2.43. The van der Waals surface area contributed by atoms with Gasteiger partial charge in [0.25, 0.3) is 4.84 Å². The number of benzene rings is 1. The summed E-state index contributed by atoms with van der Waals surface area (Å²) in [6, 6.07) is 6.00. The number of nitrogens with zero attached hydrogens (tertiary/aromatic N) is 4. The van der Waals surface area contributed by atoms with Crippen molar-refractivity contribution in [3.63, 3.8) is 0 Å². The van der Waals surface area contributed by atoms with Crippen molar-refractivity contribution in [3.05, 3.63) is 34.9 Å². The third kappa shape index (κ3) is 4.93. The van der Waals surface area contributed by atoms with E-state index in [1.807, 2.05) is 0 Å². The van der Waals surface area contributed by atoms with E-state index in [0.717, 1.165) is 51.9 Å². The second-order valence-corrected chi connectivity index (χ2v) is 8.30. The minimum absolute atomic E-state index is 0.129. The average molecular weight is 419 g/mol. The van der Waals surface area contributed by atoms with E-state index in [-0.39, 0.29) is 11.7 Å². The van der Waals surface area contributed by atoms with Gasteiger partial charge in [0.05, 0.1) is 6.67 Å². The summed E-state index contributed by atoms with van der Waals surface area (Å²) in [7, 11) is 0. The van der Waals surface area contributed by atoms with Crippen molar-refractivity contribution in [1.29, 1.82) is 0 Å². The van der Waals surface area contributed by atoms with Gasteiger partial charge in [-0.05, 0) is 62.2 Å². The fourth-order valence-electron chi connectivity index (χ4n) is 4.16. The van der Waals surface area contributed by atoms with Crippen LogP contribution in [0, 0.1) is 16.6 Å². The van der Waals surface area contributed by atoms with E-state index in [0.29, 0.717) is 28.9 Å². The number of hydrogen-bond donors (Lipinski definition) is 0. The summed E-state index contributed by atoms with van der Waals surface area (Å²) < 4.78 is 20.4. The monoisotopic (exact) mass is 418 g/mol. The summed E-state index contributed by atoms with van der Waals surface area (Å²) in [4.78, 5) is 17.5. The van der Waals surface area contributed by atoms with Crippen LogP contribution in [0.25, 0.3) is 11.5 Å². The predicted octanol–water partition coefficient (Wildman–Crippen LogP) is 4.08. The Bertz CT molecular complexity index is 879. The van der Waals surface area contributed by atoms with Crippen molar-refractivity contribution < 1.29 is 13.6 Å². The third-order valence-corrected chi connectivity index (χ3v) is 6.18. The molecule has 8 heteroatoms. The van der Waals surface area contributed by atoms with Crippen LogP contribution in [-0.2, 0) is 11.5 Å². The van der Waals surface area contributed by atoms with Gasteiger partial charge in [-0.3, -0.25) is 9.69 Å². The van der Waals surface area contributed by atoms with Gasteiger partial charge in [0.15, 0.2) is 0 Å². The molecular weight excluding hydrogens is 391 g/mol. The van der Waals surface area contributed by atoms with Gasteiger partial charge in [-0.1, -0.05) is 12.8 Å². The molecule has 0 radical (unpaired) electrons. The second kappa shape index (κ2) is 9.17. The zero-order valence-corrected chi connectivity index (χ0v) is 17.4. The van der Waals surface area contributed by atoms with E-state index in [1.54, 1.807) is 16.8 Å².